The van der Waals surface area contributed by atoms with Crippen molar-refractivity contribution in [2.45, 2.75) is 4.90 Å². The van der Waals surface area contributed by atoms with E-state index in [4.69, 9.17) is 15.0 Å². The second kappa shape index (κ2) is 4.87. The molecule has 7 heteroatoms. The van der Waals surface area contributed by atoms with Gasteiger partial charge in [-0.2, -0.15) is 0 Å². The molecule has 3 N–H and O–H groups in total. The highest BCUT2D eigenvalue weighted by Crippen LogP contribution is 2.30. The third-order valence-corrected chi connectivity index (χ3v) is 3.47. The van der Waals surface area contributed by atoms with Gasteiger partial charge in [-0.25, -0.2) is 18.4 Å². The summed E-state index contributed by atoms with van der Waals surface area (Å²) in [4.78, 5) is 10.5. The van der Waals surface area contributed by atoms with E-state index in [-0.39, 0.29) is 4.90 Å². The Hall–Kier alpha value is -2.12. The number of fused-ring (bicyclic) bond motifs is 1. The smallest absolute Gasteiger partial charge is 0.341 e. The fourth-order valence-corrected chi connectivity index (χ4v) is 2.50. The van der Waals surface area contributed by atoms with Crippen LogP contribution in [0.3, 0.4) is 0 Å². The van der Waals surface area contributed by atoms with Gasteiger partial charge in [-0.15, -0.1) is 0 Å². The maximum absolute atomic E-state index is 11.5. The summed E-state index contributed by atoms with van der Waals surface area (Å²) in [5.74, 6) is -0.815. The number of benzene rings is 2. The molecule has 0 unspecified atom stereocenters. The van der Waals surface area contributed by atoms with Crippen molar-refractivity contribution in [1.29, 1.82) is 0 Å². The number of primary sulfonamides is 1. The Bertz CT molecular complexity index is 739. The number of carbonyl (C=O) groups is 1. The minimum Gasteiger partial charge on any atom is -0.481 e. The van der Waals surface area contributed by atoms with Crippen LogP contribution in [-0.2, 0) is 14.8 Å². The molecule has 2 aromatic carbocycles. The molecule has 0 fully saturated rings. The van der Waals surface area contributed by atoms with E-state index >= 15 is 0 Å². The highest BCUT2D eigenvalue weighted by atomic mass is 32.2. The Balaban J connectivity index is 2.62. The Kier molecular flexibility index (Phi) is 3.41. The minimum absolute atomic E-state index is 0.0224. The van der Waals surface area contributed by atoms with Crippen molar-refractivity contribution < 1.29 is 23.1 Å². The van der Waals surface area contributed by atoms with Crippen LogP contribution < -0.4 is 9.88 Å². The number of nitrogens with two attached hydrogens (primary N) is 1. The van der Waals surface area contributed by atoms with Crippen molar-refractivity contribution in [3.05, 3.63) is 36.4 Å². The van der Waals surface area contributed by atoms with E-state index in [9.17, 15) is 13.2 Å². The topological polar surface area (TPSA) is 107 Å². The first-order valence-corrected chi connectivity index (χ1v) is 6.83. The van der Waals surface area contributed by atoms with Gasteiger partial charge in [-0.3, -0.25) is 0 Å². The molecular formula is C12H11NO5S. The summed E-state index contributed by atoms with van der Waals surface area (Å²) >= 11 is 0. The number of carboxylic acids is 1. The van der Waals surface area contributed by atoms with E-state index in [1.54, 1.807) is 24.3 Å². The van der Waals surface area contributed by atoms with Gasteiger partial charge in [0.1, 0.15) is 5.75 Å². The summed E-state index contributed by atoms with van der Waals surface area (Å²) in [5, 5.41) is 14.6. The van der Waals surface area contributed by atoms with Crippen molar-refractivity contribution in [1.82, 2.24) is 0 Å². The molecule has 100 valence electrons. The second-order valence-corrected chi connectivity index (χ2v) is 5.36. The van der Waals surface area contributed by atoms with Gasteiger partial charge in [0, 0.05) is 10.8 Å². The average Bonchev–Trinajstić information content (AvgIpc) is 2.34. The van der Waals surface area contributed by atoms with Gasteiger partial charge >= 0.3 is 5.97 Å². The highest BCUT2D eigenvalue weighted by molar-refractivity contribution is 7.89. The van der Waals surface area contributed by atoms with Crippen LogP contribution in [0, 0.1) is 0 Å². The number of aliphatic carboxylic acids is 1. The molecule has 0 amide bonds. The van der Waals surface area contributed by atoms with E-state index in [2.05, 4.69) is 0 Å². The largest absolute Gasteiger partial charge is 0.481 e. The summed E-state index contributed by atoms with van der Waals surface area (Å²) in [7, 11) is -3.85. The average molecular weight is 281 g/mol. The fourth-order valence-electron chi connectivity index (χ4n) is 1.76. The molecule has 0 saturated carbocycles. The van der Waals surface area contributed by atoms with Crippen molar-refractivity contribution >= 4 is 26.8 Å². The lowest BCUT2D eigenvalue weighted by Crippen LogP contribution is -2.13. The van der Waals surface area contributed by atoms with E-state index in [0.29, 0.717) is 16.5 Å². The molecule has 0 aromatic heterocycles. The van der Waals surface area contributed by atoms with E-state index in [1.165, 1.54) is 12.1 Å². The predicted molar refractivity (Wildman–Crippen MR) is 68.5 cm³/mol. The van der Waals surface area contributed by atoms with Crippen LogP contribution >= 0.6 is 0 Å². The number of rotatable bonds is 4. The summed E-state index contributed by atoms with van der Waals surface area (Å²) in [6.45, 7) is -0.501. The quantitative estimate of drug-likeness (QED) is 0.867. The monoisotopic (exact) mass is 281 g/mol. The molecule has 0 saturated heterocycles. The van der Waals surface area contributed by atoms with Gasteiger partial charge in [0.2, 0.25) is 10.0 Å². The number of ether oxygens (including phenoxy) is 1. The molecule has 0 bridgehead atoms. The van der Waals surface area contributed by atoms with Crippen LogP contribution in [0.1, 0.15) is 0 Å². The Morgan fingerprint density at radius 3 is 2.37 bits per heavy atom. The van der Waals surface area contributed by atoms with Gasteiger partial charge in [0.15, 0.2) is 6.61 Å². The van der Waals surface area contributed by atoms with E-state index in [0.717, 1.165) is 0 Å². The Labute approximate surface area is 109 Å². The van der Waals surface area contributed by atoms with Gasteiger partial charge in [0.05, 0.1) is 4.90 Å². The molecule has 0 heterocycles. The lowest BCUT2D eigenvalue weighted by Gasteiger charge is -2.10. The molecule has 0 spiro atoms. The molecular weight excluding hydrogens is 270 g/mol. The van der Waals surface area contributed by atoms with Crippen molar-refractivity contribution in [3.63, 3.8) is 0 Å². The third kappa shape index (κ3) is 2.83. The SMILES string of the molecule is NS(=O)(=O)c1ccc(OCC(=O)O)c2ccccc12. The molecule has 0 atom stereocenters. The molecule has 2 rings (SSSR count). The van der Waals surface area contributed by atoms with Gasteiger partial charge in [-0.05, 0) is 12.1 Å². The van der Waals surface area contributed by atoms with E-state index in [1.807, 2.05) is 0 Å². The summed E-state index contributed by atoms with van der Waals surface area (Å²) in [6, 6.07) is 9.28. The van der Waals surface area contributed by atoms with Crippen molar-refractivity contribution in [2.24, 2.45) is 5.14 Å². The zero-order chi connectivity index (χ0) is 14.0. The Morgan fingerprint density at radius 2 is 1.79 bits per heavy atom. The van der Waals surface area contributed by atoms with Crippen LogP contribution in [0.5, 0.6) is 5.75 Å². The molecule has 0 aliphatic heterocycles. The van der Waals surface area contributed by atoms with Crippen LogP contribution in [0.4, 0.5) is 0 Å². The number of sulfonamides is 1. The molecule has 19 heavy (non-hydrogen) atoms. The summed E-state index contributed by atoms with van der Waals surface area (Å²) in [6.07, 6.45) is 0. The van der Waals surface area contributed by atoms with Crippen LogP contribution in [0.2, 0.25) is 0 Å². The lowest BCUT2D eigenvalue weighted by atomic mass is 10.1. The molecule has 0 aliphatic carbocycles. The zero-order valence-corrected chi connectivity index (χ0v) is 10.6. The number of hydrogen-bond acceptors (Lipinski definition) is 4. The van der Waals surface area contributed by atoms with Crippen LogP contribution in [0.15, 0.2) is 41.3 Å². The number of carboxylic acid groups (broad SMARTS) is 1. The molecule has 0 radical (unpaired) electrons. The first-order valence-electron chi connectivity index (χ1n) is 5.29. The van der Waals surface area contributed by atoms with Crippen molar-refractivity contribution in [2.75, 3.05) is 6.61 Å². The second-order valence-electron chi connectivity index (χ2n) is 3.83. The molecule has 6 nitrogen and oxygen atoms in total. The highest BCUT2D eigenvalue weighted by Gasteiger charge is 2.15. The first kappa shape index (κ1) is 13.3. The van der Waals surface area contributed by atoms with Gasteiger partial charge < -0.3 is 9.84 Å². The zero-order valence-electron chi connectivity index (χ0n) is 9.74. The summed E-state index contributed by atoms with van der Waals surface area (Å²) < 4.78 is 28.0. The lowest BCUT2D eigenvalue weighted by molar-refractivity contribution is -0.139. The van der Waals surface area contributed by atoms with Crippen LogP contribution in [0.25, 0.3) is 10.8 Å². The normalized spacial score (nSPS) is 11.4. The van der Waals surface area contributed by atoms with Gasteiger partial charge in [-0.1, -0.05) is 24.3 Å². The fraction of sp³-hybridized carbons (Fsp3) is 0.0833. The standard InChI is InChI=1S/C12H11NO5S/c13-19(16,17)11-6-5-10(18-7-12(14)15)8-3-1-2-4-9(8)11/h1-6H,7H2,(H,14,15)(H2,13,16,17). The third-order valence-electron chi connectivity index (χ3n) is 2.50. The first-order chi connectivity index (χ1) is 8.89. The van der Waals surface area contributed by atoms with Gasteiger partial charge in [0.25, 0.3) is 0 Å². The predicted octanol–water partition coefficient (Wildman–Crippen LogP) is 0.951. The maximum Gasteiger partial charge on any atom is 0.341 e. The van der Waals surface area contributed by atoms with E-state index < -0.39 is 22.6 Å². The number of hydrogen-bond donors (Lipinski definition) is 2. The molecule has 2 aromatic rings. The van der Waals surface area contributed by atoms with Crippen molar-refractivity contribution in [3.8, 4) is 5.75 Å². The molecule has 0 aliphatic rings. The maximum atomic E-state index is 11.5. The summed E-state index contributed by atoms with van der Waals surface area (Å²) in [5.41, 5.74) is 0. The minimum atomic E-state index is -3.85. The van der Waals surface area contributed by atoms with Crippen LogP contribution in [-0.4, -0.2) is 26.1 Å². The Morgan fingerprint density at radius 1 is 1.16 bits per heavy atom.